The smallest absolute Gasteiger partial charge is 0.294 e. The van der Waals surface area contributed by atoms with E-state index in [0.717, 1.165) is 28.4 Å². The fourth-order valence-electron chi connectivity index (χ4n) is 5.52. The standard InChI is InChI=1S/C27H27N2O/c1-16-14-20-10-7-11-23-25(20)24(17(16)2)26-27(30-23)28-21-15-19(12-13-22(21)29(26)3)18-8-5-4-6-9-18/h7,10-15,18H,4-6,8-9H2,1-3H3/q+1. The van der Waals surface area contributed by atoms with Gasteiger partial charge in [-0.1, -0.05) is 43.5 Å². The van der Waals surface area contributed by atoms with E-state index in [9.17, 15) is 0 Å². The van der Waals surface area contributed by atoms with Crippen LogP contribution in [-0.2, 0) is 7.05 Å². The van der Waals surface area contributed by atoms with Crippen molar-refractivity contribution in [3.05, 3.63) is 59.2 Å². The first-order valence-electron chi connectivity index (χ1n) is 11.2. The Labute approximate surface area is 177 Å². The van der Waals surface area contributed by atoms with Gasteiger partial charge in [0.25, 0.3) is 11.6 Å². The van der Waals surface area contributed by atoms with Crippen LogP contribution in [0.15, 0.2) is 42.5 Å². The van der Waals surface area contributed by atoms with Crippen molar-refractivity contribution in [1.29, 1.82) is 0 Å². The van der Waals surface area contributed by atoms with E-state index in [1.165, 1.54) is 65.1 Å². The Kier molecular flexibility index (Phi) is 3.89. The van der Waals surface area contributed by atoms with Gasteiger partial charge in [-0.15, -0.1) is 0 Å². The van der Waals surface area contributed by atoms with E-state index in [0.29, 0.717) is 5.92 Å². The van der Waals surface area contributed by atoms with Crippen molar-refractivity contribution < 1.29 is 9.30 Å². The quantitative estimate of drug-likeness (QED) is 0.297. The van der Waals surface area contributed by atoms with Crippen LogP contribution in [0.25, 0.3) is 33.1 Å². The SMILES string of the molecule is Cc1cc2cccc3c2c(c1C)-c1c(nc2cc(C4CCCCC4)ccc2[n+]1C)O3. The molecule has 30 heavy (non-hydrogen) atoms. The second-order valence-corrected chi connectivity index (χ2v) is 9.06. The first-order valence-corrected chi connectivity index (χ1v) is 11.2. The molecule has 2 aliphatic rings. The first kappa shape index (κ1) is 17.9. The molecule has 3 heteroatoms. The van der Waals surface area contributed by atoms with Gasteiger partial charge in [-0.3, -0.25) is 0 Å². The zero-order chi connectivity index (χ0) is 20.4. The lowest BCUT2D eigenvalue weighted by Gasteiger charge is -2.23. The molecule has 1 aliphatic carbocycles. The van der Waals surface area contributed by atoms with Crippen molar-refractivity contribution in [2.75, 3.05) is 0 Å². The van der Waals surface area contributed by atoms with Crippen molar-refractivity contribution >= 4 is 21.8 Å². The number of nitrogens with zero attached hydrogens (tertiary/aromatic N) is 2. The summed E-state index contributed by atoms with van der Waals surface area (Å²) in [5.41, 5.74) is 8.56. The third-order valence-electron chi connectivity index (χ3n) is 7.29. The van der Waals surface area contributed by atoms with Crippen molar-refractivity contribution in [2.24, 2.45) is 7.05 Å². The molecule has 0 unspecified atom stereocenters. The number of fused-ring (bicyclic) bond motifs is 3. The minimum absolute atomic E-state index is 0.673. The molecular formula is C27H27N2O+. The van der Waals surface area contributed by atoms with Crippen LogP contribution in [0.2, 0.25) is 0 Å². The summed E-state index contributed by atoms with van der Waals surface area (Å²) in [5, 5.41) is 2.42. The Bertz CT molecular complexity index is 1330. The molecular weight excluding hydrogens is 368 g/mol. The molecule has 0 saturated heterocycles. The number of aryl methyl sites for hydroxylation is 2. The fourth-order valence-corrected chi connectivity index (χ4v) is 5.52. The molecule has 0 atom stereocenters. The van der Waals surface area contributed by atoms with Crippen LogP contribution < -0.4 is 9.30 Å². The second kappa shape index (κ2) is 6.53. The monoisotopic (exact) mass is 395 g/mol. The van der Waals surface area contributed by atoms with Crippen LogP contribution in [0, 0.1) is 13.8 Å². The van der Waals surface area contributed by atoms with E-state index < -0.39 is 0 Å². The zero-order valence-electron chi connectivity index (χ0n) is 18.0. The van der Waals surface area contributed by atoms with Gasteiger partial charge >= 0.3 is 0 Å². The molecule has 3 aromatic carbocycles. The lowest BCUT2D eigenvalue weighted by atomic mass is 9.84. The Morgan fingerprint density at radius 3 is 2.67 bits per heavy atom. The molecule has 0 N–H and O–H groups in total. The highest BCUT2D eigenvalue weighted by molar-refractivity contribution is 6.04. The van der Waals surface area contributed by atoms with Gasteiger partial charge in [-0.05, 0) is 66.8 Å². The van der Waals surface area contributed by atoms with E-state index in [1.807, 2.05) is 0 Å². The average molecular weight is 396 g/mol. The highest BCUT2D eigenvalue weighted by Gasteiger charge is 2.32. The fraction of sp³-hybridized carbons (Fsp3) is 0.333. The third kappa shape index (κ3) is 2.51. The molecule has 1 fully saturated rings. The highest BCUT2D eigenvalue weighted by Crippen LogP contribution is 2.47. The summed E-state index contributed by atoms with van der Waals surface area (Å²) in [5.74, 6) is 2.31. The Morgan fingerprint density at radius 2 is 1.83 bits per heavy atom. The Balaban J connectivity index is 1.62. The lowest BCUT2D eigenvalue weighted by molar-refractivity contribution is -0.634. The Hall–Kier alpha value is -2.94. The molecule has 1 aromatic heterocycles. The topological polar surface area (TPSA) is 26.0 Å². The van der Waals surface area contributed by atoms with E-state index in [1.54, 1.807) is 0 Å². The molecule has 0 bridgehead atoms. The van der Waals surface area contributed by atoms with Gasteiger partial charge in [0.05, 0.1) is 5.56 Å². The maximum absolute atomic E-state index is 6.39. The van der Waals surface area contributed by atoms with E-state index in [4.69, 9.17) is 9.72 Å². The maximum Gasteiger partial charge on any atom is 0.294 e. The van der Waals surface area contributed by atoms with Gasteiger partial charge in [0.2, 0.25) is 5.52 Å². The van der Waals surface area contributed by atoms with Crippen LogP contribution in [-0.4, -0.2) is 4.98 Å². The van der Waals surface area contributed by atoms with Crippen molar-refractivity contribution in [2.45, 2.75) is 51.9 Å². The number of rotatable bonds is 1. The van der Waals surface area contributed by atoms with Crippen LogP contribution >= 0.6 is 0 Å². The van der Waals surface area contributed by atoms with Gasteiger partial charge in [0.1, 0.15) is 18.3 Å². The molecule has 4 aromatic rings. The zero-order valence-corrected chi connectivity index (χ0v) is 18.0. The summed E-state index contributed by atoms with van der Waals surface area (Å²) >= 11 is 0. The van der Waals surface area contributed by atoms with E-state index in [-0.39, 0.29) is 0 Å². The van der Waals surface area contributed by atoms with E-state index >= 15 is 0 Å². The minimum Gasteiger partial charge on any atom is -0.433 e. The average Bonchev–Trinajstić information content (AvgIpc) is 2.77. The minimum atomic E-state index is 0.673. The summed E-state index contributed by atoms with van der Waals surface area (Å²) in [6, 6.07) is 15.5. The summed E-state index contributed by atoms with van der Waals surface area (Å²) in [6.45, 7) is 4.41. The molecule has 1 aliphatic heterocycles. The number of hydrogen-bond donors (Lipinski definition) is 0. The lowest BCUT2D eigenvalue weighted by Crippen LogP contribution is -2.34. The third-order valence-corrected chi connectivity index (χ3v) is 7.29. The predicted octanol–water partition coefficient (Wildman–Crippen LogP) is 6.65. The molecule has 6 rings (SSSR count). The van der Waals surface area contributed by atoms with E-state index in [2.05, 4.69) is 67.9 Å². The predicted molar refractivity (Wildman–Crippen MR) is 121 cm³/mol. The van der Waals surface area contributed by atoms with Crippen LogP contribution in [0.3, 0.4) is 0 Å². The van der Waals surface area contributed by atoms with Gasteiger partial charge in [0, 0.05) is 11.5 Å². The largest absolute Gasteiger partial charge is 0.433 e. The molecule has 0 radical (unpaired) electrons. The molecule has 150 valence electrons. The normalized spacial score (nSPS) is 16.0. The number of hydrogen-bond acceptors (Lipinski definition) is 2. The highest BCUT2D eigenvalue weighted by atomic mass is 16.5. The van der Waals surface area contributed by atoms with Crippen LogP contribution in [0.5, 0.6) is 11.6 Å². The first-order chi connectivity index (χ1) is 14.6. The molecule has 2 heterocycles. The molecule has 0 spiro atoms. The number of benzene rings is 3. The molecule has 0 amide bonds. The van der Waals surface area contributed by atoms with Gasteiger partial charge in [0.15, 0.2) is 0 Å². The number of aromatic nitrogens is 2. The summed E-state index contributed by atoms with van der Waals surface area (Å²) < 4.78 is 8.66. The summed E-state index contributed by atoms with van der Waals surface area (Å²) in [6.07, 6.45) is 6.66. The van der Waals surface area contributed by atoms with Gasteiger partial charge in [-0.25, -0.2) is 4.98 Å². The number of ether oxygens (including phenoxy) is 1. The summed E-state index contributed by atoms with van der Waals surface area (Å²) in [4.78, 5) is 5.05. The Morgan fingerprint density at radius 1 is 1.00 bits per heavy atom. The van der Waals surface area contributed by atoms with Crippen LogP contribution in [0.1, 0.15) is 54.7 Å². The van der Waals surface area contributed by atoms with Gasteiger partial charge < -0.3 is 4.74 Å². The van der Waals surface area contributed by atoms with Crippen molar-refractivity contribution in [3.8, 4) is 22.9 Å². The van der Waals surface area contributed by atoms with Crippen molar-refractivity contribution in [1.82, 2.24) is 4.98 Å². The summed E-state index contributed by atoms with van der Waals surface area (Å²) in [7, 11) is 2.15. The van der Waals surface area contributed by atoms with Crippen LogP contribution in [0.4, 0.5) is 0 Å². The second-order valence-electron chi connectivity index (χ2n) is 9.06. The maximum atomic E-state index is 6.39. The molecule has 3 nitrogen and oxygen atoms in total. The van der Waals surface area contributed by atoms with Crippen molar-refractivity contribution in [3.63, 3.8) is 0 Å². The van der Waals surface area contributed by atoms with Gasteiger partial charge in [-0.2, -0.15) is 4.57 Å². The molecule has 1 saturated carbocycles.